The number of ether oxygens (including phenoxy) is 4. The van der Waals surface area contributed by atoms with E-state index in [1.54, 1.807) is 26.4 Å². The van der Waals surface area contributed by atoms with Crippen molar-refractivity contribution in [2.75, 3.05) is 35.0 Å². The summed E-state index contributed by atoms with van der Waals surface area (Å²) in [6.45, 7) is 4.36. The van der Waals surface area contributed by atoms with Crippen LogP contribution in [0.5, 0.6) is 11.5 Å². The van der Waals surface area contributed by atoms with E-state index in [1.165, 1.54) is 25.3 Å². The summed E-state index contributed by atoms with van der Waals surface area (Å²) in [7, 11) is 5.80. The average molecular weight is 556 g/mol. The van der Waals surface area contributed by atoms with Crippen molar-refractivity contribution in [2.45, 2.75) is 32.1 Å². The molecule has 0 spiro atoms. The maximum Gasteiger partial charge on any atom is 0.336 e. The van der Waals surface area contributed by atoms with Gasteiger partial charge in [-0.1, -0.05) is 66.7 Å². The fraction of sp³-hybridized carbons (Fsp3) is 0.294. The molecule has 0 unspecified atom stereocenters. The predicted molar refractivity (Wildman–Crippen MR) is 158 cm³/mol. The maximum atomic E-state index is 13.4. The standard InChI is InChI=1S/C34H37NO6/c1-22-30(33(36)40-5)32(26-17-18-28(38-3)29(21-26)39-4)31(34(37)41-6)23(2)35(22)20-19-27(24-13-9-7-10-14-24)25-15-11-8-12-16-25/h7-18,21,27,32H,19-20H2,1-6H3. The van der Waals surface area contributed by atoms with Gasteiger partial charge in [-0.25, -0.2) is 9.59 Å². The van der Waals surface area contributed by atoms with E-state index in [0.717, 1.165) is 17.8 Å². The number of esters is 2. The van der Waals surface area contributed by atoms with Gasteiger partial charge in [-0.3, -0.25) is 0 Å². The molecule has 0 amide bonds. The molecule has 3 aromatic rings. The topological polar surface area (TPSA) is 74.3 Å². The first kappa shape index (κ1) is 29.5. The molecule has 41 heavy (non-hydrogen) atoms. The zero-order valence-electron chi connectivity index (χ0n) is 24.5. The zero-order valence-corrected chi connectivity index (χ0v) is 24.5. The Balaban J connectivity index is 1.82. The number of rotatable bonds is 10. The highest BCUT2D eigenvalue weighted by Crippen LogP contribution is 2.45. The summed E-state index contributed by atoms with van der Waals surface area (Å²) in [6, 6.07) is 26.1. The molecule has 7 nitrogen and oxygen atoms in total. The number of hydrogen-bond acceptors (Lipinski definition) is 7. The van der Waals surface area contributed by atoms with E-state index in [9.17, 15) is 9.59 Å². The van der Waals surface area contributed by atoms with Crippen LogP contribution in [0.15, 0.2) is 101 Å². The Labute approximate surface area is 242 Å². The first-order valence-electron chi connectivity index (χ1n) is 13.5. The van der Waals surface area contributed by atoms with Crippen molar-refractivity contribution in [3.8, 4) is 11.5 Å². The van der Waals surface area contributed by atoms with E-state index in [1.807, 2.05) is 61.2 Å². The van der Waals surface area contributed by atoms with E-state index in [4.69, 9.17) is 18.9 Å². The van der Waals surface area contributed by atoms with Crippen LogP contribution in [-0.2, 0) is 19.1 Å². The van der Waals surface area contributed by atoms with Gasteiger partial charge in [0.05, 0.1) is 45.5 Å². The van der Waals surface area contributed by atoms with Crippen LogP contribution in [0.1, 0.15) is 48.8 Å². The lowest BCUT2D eigenvalue weighted by Gasteiger charge is -2.38. The van der Waals surface area contributed by atoms with Crippen LogP contribution >= 0.6 is 0 Å². The summed E-state index contributed by atoms with van der Waals surface area (Å²) in [4.78, 5) is 28.8. The molecule has 4 rings (SSSR count). The van der Waals surface area contributed by atoms with Gasteiger partial charge in [0.15, 0.2) is 11.5 Å². The molecule has 0 saturated carbocycles. The molecular formula is C34H37NO6. The van der Waals surface area contributed by atoms with E-state index < -0.39 is 17.9 Å². The minimum Gasteiger partial charge on any atom is -0.493 e. The summed E-state index contributed by atoms with van der Waals surface area (Å²) < 4.78 is 21.5. The average Bonchev–Trinajstić information content (AvgIpc) is 3.02. The number of benzene rings is 3. The Hall–Kier alpha value is -4.52. The van der Waals surface area contributed by atoms with Crippen molar-refractivity contribution in [1.29, 1.82) is 0 Å². The second kappa shape index (κ2) is 13.2. The smallest absolute Gasteiger partial charge is 0.336 e. The molecule has 0 fully saturated rings. The molecule has 0 atom stereocenters. The van der Waals surface area contributed by atoms with Gasteiger partial charge in [0.2, 0.25) is 0 Å². The highest BCUT2D eigenvalue weighted by molar-refractivity contribution is 5.99. The van der Waals surface area contributed by atoms with Crippen molar-refractivity contribution >= 4 is 11.9 Å². The van der Waals surface area contributed by atoms with Crippen molar-refractivity contribution in [2.24, 2.45) is 0 Å². The second-order valence-corrected chi connectivity index (χ2v) is 9.84. The lowest BCUT2D eigenvalue weighted by Crippen LogP contribution is -2.36. The van der Waals surface area contributed by atoms with E-state index >= 15 is 0 Å². The van der Waals surface area contributed by atoms with Crippen molar-refractivity contribution in [3.05, 3.63) is 118 Å². The van der Waals surface area contributed by atoms with Gasteiger partial charge in [0.1, 0.15) is 0 Å². The largest absolute Gasteiger partial charge is 0.493 e. The molecule has 0 saturated heterocycles. The van der Waals surface area contributed by atoms with Crippen LogP contribution in [0.3, 0.4) is 0 Å². The Morgan fingerprint density at radius 1 is 0.707 bits per heavy atom. The molecule has 0 radical (unpaired) electrons. The van der Waals surface area contributed by atoms with Crippen LogP contribution in [0.2, 0.25) is 0 Å². The Morgan fingerprint density at radius 3 is 1.63 bits per heavy atom. The van der Waals surface area contributed by atoms with Crippen molar-refractivity contribution in [1.82, 2.24) is 4.90 Å². The lowest BCUT2D eigenvalue weighted by atomic mass is 9.79. The third-order valence-electron chi connectivity index (χ3n) is 7.76. The Kier molecular flexibility index (Phi) is 9.50. The van der Waals surface area contributed by atoms with Crippen LogP contribution in [0.4, 0.5) is 0 Å². The minimum atomic E-state index is -0.718. The number of hydrogen-bond donors (Lipinski definition) is 0. The van der Waals surface area contributed by atoms with Crippen LogP contribution in [-0.4, -0.2) is 51.8 Å². The number of methoxy groups -OCH3 is 4. The van der Waals surface area contributed by atoms with Crippen LogP contribution < -0.4 is 9.47 Å². The third kappa shape index (κ3) is 5.99. The first-order valence-corrected chi connectivity index (χ1v) is 13.5. The summed E-state index contributed by atoms with van der Waals surface area (Å²) in [5.41, 5.74) is 5.28. The quantitative estimate of drug-likeness (QED) is 0.275. The highest BCUT2D eigenvalue weighted by Gasteiger charge is 2.40. The third-order valence-corrected chi connectivity index (χ3v) is 7.76. The molecule has 0 aromatic heterocycles. The van der Waals surface area contributed by atoms with Gasteiger partial charge in [0.25, 0.3) is 0 Å². The normalized spacial score (nSPS) is 13.9. The van der Waals surface area contributed by atoms with E-state index in [2.05, 4.69) is 24.3 Å². The van der Waals surface area contributed by atoms with Gasteiger partial charge >= 0.3 is 11.9 Å². The zero-order chi connectivity index (χ0) is 29.5. The van der Waals surface area contributed by atoms with E-state index in [-0.39, 0.29) is 5.92 Å². The van der Waals surface area contributed by atoms with Crippen LogP contribution in [0.25, 0.3) is 0 Å². The van der Waals surface area contributed by atoms with Crippen LogP contribution in [0, 0.1) is 0 Å². The maximum absolute atomic E-state index is 13.4. The summed E-state index contributed by atoms with van der Waals surface area (Å²) in [5.74, 6) is -0.589. The molecule has 0 bridgehead atoms. The first-order chi connectivity index (χ1) is 19.9. The Morgan fingerprint density at radius 2 is 1.20 bits per heavy atom. The molecule has 1 aliphatic rings. The molecule has 1 heterocycles. The monoisotopic (exact) mass is 555 g/mol. The Bertz CT molecular complexity index is 1370. The predicted octanol–water partition coefficient (Wildman–Crippen LogP) is 6.22. The summed E-state index contributed by atoms with van der Waals surface area (Å²) in [6.07, 6.45) is 0.743. The van der Waals surface area contributed by atoms with Gasteiger partial charge < -0.3 is 23.8 Å². The fourth-order valence-corrected chi connectivity index (χ4v) is 5.71. The highest BCUT2D eigenvalue weighted by atomic mass is 16.5. The van der Waals surface area contributed by atoms with Gasteiger partial charge in [0, 0.05) is 23.9 Å². The number of carbonyl (C=O) groups excluding carboxylic acids is 2. The fourth-order valence-electron chi connectivity index (χ4n) is 5.71. The molecule has 3 aromatic carbocycles. The summed E-state index contributed by atoms with van der Waals surface area (Å²) >= 11 is 0. The molecule has 0 aliphatic carbocycles. The van der Waals surface area contributed by atoms with Gasteiger partial charge in [-0.05, 0) is 49.1 Å². The van der Waals surface area contributed by atoms with Gasteiger partial charge in [-0.2, -0.15) is 0 Å². The molecule has 0 N–H and O–H groups in total. The number of nitrogens with zero attached hydrogens (tertiary/aromatic N) is 1. The van der Waals surface area contributed by atoms with E-state index in [0.29, 0.717) is 34.8 Å². The SMILES string of the molecule is COC(=O)C1=C(C)N(CCC(c2ccccc2)c2ccccc2)C(C)=C(C(=O)OC)C1c1ccc(OC)c(OC)c1. The summed E-state index contributed by atoms with van der Waals surface area (Å²) in [5, 5.41) is 0. The molecule has 7 heteroatoms. The molecular weight excluding hydrogens is 518 g/mol. The van der Waals surface area contributed by atoms with Gasteiger partial charge in [-0.15, -0.1) is 0 Å². The molecule has 1 aliphatic heterocycles. The van der Waals surface area contributed by atoms with Crippen molar-refractivity contribution < 1.29 is 28.5 Å². The minimum absolute atomic E-state index is 0.115. The second-order valence-electron chi connectivity index (χ2n) is 9.84. The number of allylic oxidation sites excluding steroid dienone is 2. The van der Waals surface area contributed by atoms with Crippen molar-refractivity contribution in [3.63, 3.8) is 0 Å². The lowest BCUT2D eigenvalue weighted by molar-refractivity contribution is -0.137. The number of carbonyl (C=O) groups is 2. The molecule has 214 valence electrons.